The Morgan fingerprint density at radius 2 is 2.00 bits per heavy atom. The minimum absolute atomic E-state index is 0.119. The number of sulfonamides is 1. The summed E-state index contributed by atoms with van der Waals surface area (Å²) < 4.78 is 33.2. The van der Waals surface area contributed by atoms with E-state index in [1.165, 1.54) is 12.1 Å². The molecular weight excluding hydrogens is 344 g/mol. The molecule has 3 N–H and O–H groups in total. The van der Waals surface area contributed by atoms with Crippen LogP contribution in [0.15, 0.2) is 44.1 Å². The Morgan fingerprint density at radius 1 is 1.30 bits per heavy atom. The molecule has 1 unspecified atom stereocenters. The minimum Gasteiger partial charge on any atom is -0.465 e. The number of hydrogen-bond donors (Lipinski definition) is 2. The van der Waals surface area contributed by atoms with Crippen molar-refractivity contribution in [1.29, 1.82) is 0 Å². The highest BCUT2D eigenvalue weighted by atomic mass is 79.9. The Bertz CT molecular complexity index is 725. The van der Waals surface area contributed by atoms with Crippen LogP contribution in [0.5, 0.6) is 0 Å². The molecule has 5 nitrogen and oxygen atoms in total. The Labute approximate surface area is 126 Å². The van der Waals surface area contributed by atoms with E-state index in [2.05, 4.69) is 20.7 Å². The van der Waals surface area contributed by atoms with Crippen molar-refractivity contribution < 1.29 is 12.8 Å². The lowest BCUT2D eigenvalue weighted by Crippen LogP contribution is -2.26. The normalized spacial score (nSPS) is 13.3. The van der Waals surface area contributed by atoms with Gasteiger partial charge in [-0.05, 0) is 60.1 Å². The van der Waals surface area contributed by atoms with E-state index in [0.717, 1.165) is 5.76 Å². The summed E-state index contributed by atoms with van der Waals surface area (Å²) in [5.41, 5.74) is 6.07. The number of benzene rings is 1. The molecule has 20 heavy (non-hydrogen) atoms. The van der Waals surface area contributed by atoms with Crippen LogP contribution in [0.2, 0.25) is 0 Å². The third kappa shape index (κ3) is 3.23. The third-order valence-electron chi connectivity index (χ3n) is 2.80. The lowest BCUT2D eigenvalue weighted by Gasteiger charge is -2.12. The molecule has 0 radical (unpaired) electrons. The fraction of sp³-hybridized carbons (Fsp3) is 0.231. The van der Waals surface area contributed by atoms with Gasteiger partial charge in [0.2, 0.25) is 10.0 Å². The van der Waals surface area contributed by atoms with Gasteiger partial charge < -0.3 is 10.2 Å². The maximum absolute atomic E-state index is 12.3. The summed E-state index contributed by atoms with van der Waals surface area (Å²) in [6.45, 7) is 3.53. The number of halogens is 1. The third-order valence-corrected chi connectivity index (χ3v) is 5.06. The van der Waals surface area contributed by atoms with E-state index >= 15 is 0 Å². The number of rotatable bonds is 4. The summed E-state index contributed by atoms with van der Waals surface area (Å²) in [5.74, 6) is 1.30. The molecule has 2 rings (SSSR count). The van der Waals surface area contributed by atoms with Crippen LogP contribution in [0.25, 0.3) is 0 Å². The predicted octanol–water partition coefficient (Wildman–Crippen LogP) is 2.97. The van der Waals surface area contributed by atoms with Gasteiger partial charge in [-0.3, -0.25) is 0 Å². The van der Waals surface area contributed by atoms with Gasteiger partial charge in [-0.15, -0.1) is 0 Å². The maximum Gasteiger partial charge on any atom is 0.241 e. The molecular formula is C13H15BrN2O3S. The van der Waals surface area contributed by atoms with E-state index in [1.54, 1.807) is 32.0 Å². The molecule has 0 spiro atoms. The average molecular weight is 359 g/mol. The van der Waals surface area contributed by atoms with Crippen LogP contribution in [-0.2, 0) is 10.0 Å². The summed E-state index contributed by atoms with van der Waals surface area (Å²) in [7, 11) is -3.65. The molecule has 1 heterocycles. The van der Waals surface area contributed by atoms with Crippen molar-refractivity contribution in [2.75, 3.05) is 5.73 Å². The lowest BCUT2D eigenvalue weighted by atomic mass is 10.3. The molecule has 1 aromatic carbocycles. The smallest absolute Gasteiger partial charge is 0.241 e. The monoisotopic (exact) mass is 358 g/mol. The van der Waals surface area contributed by atoms with E-state index in [-0.39, 0.29) is 4.90 Å². The fourth-order valence-electron chi connectivity index (χ4n) is 1.73. The summed E-state index contributed by atoms with van der Waals surface area (Å²) >= 11 is 3.23. The Kier molecular flexibility index (Phi) is 4.22. The van der Waals surface area contributed by atoms with E-state index in [9.17, 15) is 8.42 Å². The predicted molar refractivity (Wildman–Crippen MR) is 80.7 cm³/mol. The number of furan rings is 1. The largest absolute Gasteiger partial charge is 0.465 e. The van der Waals surface area contributed by atoms with E-state index < -0.39 is 16.1 Å². The number of nitrogen functional groups attached to an aromatic ring is 1. The summed E-state index contributed by atoms with van der Waals surface area (Å²) in [6.07, 6.45) is 0. The molecule has 1 aromatic heterocycles. The Balaban J connectivity index is 2.24. The standard InChI is InChI=1S/C13H15BrN2O3S/c1-8-3-6-13(19-8)9(2)16-20(17,18)10-4-5-11(14)12(15)7-10/h3-7,9,16H,15H2,1-2H3. The van der Waals surface area contributed by atoms with Gasteiger partial charge >= 0.3 is 0 Å². The van der Waals surface area contributed by atoms with Gasteiger partial charge in [0.1, 0.15) is 11.5 Å². The van der Waals surface area contributed by atoms with Crippen molar-refractivity contribution in [2.24, 2.45) is 0 Å². The van der Waals surface area contributed by atoms with Gasteiger partial charge in [0, 0.05) is 10.2 Å². The van der Waals surface area contributed by atoms with Crippen LogP contribution in [0.1, 0.15) is 24.5 Å². The summed E-state index contributed by atoms with van der Waals surface area (Å²) in [6, 6.07) is 7.58. The fourth-order valence-corrected chi connectivity index (χ4v) is 3.23. The molecule has 7 heteroatoms. The number of nitrogens with two attached hydrogens (primary N) is 1. The van der Waals surface area contributed by atoms with Crippen molar-refractivity contribution in [3.63, 3.8) is 0 Å². The van der Waals surface area contributed by atoms with Crippen LogP contribution in [-0.4, -0.2) is 8.42 Å². The molecule has 0 saturated carbocycles. The highest BCUT2D eigenvalue weighted by Gasteiger charge is 2.20. The first-order chi connectivity index (χ1) is 9.29. The molecule has 0 aliphatic rings. The SMILES string of the molecule is Cc1ccc(C(C)NS(=O)(=O)c2ccc(Br)c(N)c2)o1. The molecule has 1 atom stereocenters. The van der Waals surface area contributed by atoms with Crippen LogP contribution >= 0.6 is 15.9 Å². The second-order valence-electron chi connectivity index (χ2n) is 4.47. The molecule has 108 valence electrons. The van der Waals surface area contributed by atoms with Crippen molar-refractivity contribution in [3.05, 3.63) is 46.3 Å². The molecule has 0 amide bonds. The maximum atomic E-state index is 12.3. The van der Waals surface area contributed by atoms with Crippen LogP contribution in [0, 0.1) is 6.92 Å². The average Bonchev–Trinajstić information content (AvgIpc) is 2.79. The molecule has 0 aliphatic heterocycles. The van der Waals surface area contributed by atoms with Crippen LogP contribution < -0.4 is 10.5 Å². The van der Waals surface area contributed by atoms with Gasteiger partial charge in [-0.1, -0.05) is 0 Å². The van der Waals surface area contributed by atoms with Gasteiger partial charge in [-0.25, -0.2) is 13.1 Å². The van der Waals surface area contributed by atoms with E-state index in [1.807, 2.05) is 0 Å². The summed E-state index contributed by atoms with van der Waals surface area (Å²) in [4.78, 5) is 0.119. The van der Waals surface area contributed by atoms with Gasteiger partial charge in [0.05, 0.1) is 10.9 Å². The zero-order valence-electron chi connectivity index (χ0n) is 11.1. The second kappa shape index (κ2) is 5.59. The molecule has 2 aromatic rings. The highest BCUT2D eigenvalue weighted by molar-refractivity contribution is 9.10. The first-order valence-corrected chi connectivity index (χ1v) is 8.21. The Hall–Kier alpha value is -1.31. The van der Waals surface area contributed by atoms with Gasteiger partial charge in [-0.2, -0.15) is 0 Å². The van der Waals surface area contributed by atoms with E-state index in [0.29, 0.717) is 15.9 Å². The number of anilines is 1. The first-order valence-electron chi connectivity index (χ1n) is 5.93. The minimum atomic E-state index is -3.65. The highest BCUT2D eigenvalue weighted by Crippen LogP contribution is 2.24. The van der Waals surface area contributed by atoms with Crippen molar-refractivity contribution >= 4 is 31.6 Å². The molecule has 0 bridgehead atoms. The van der Waals surface area contributed by atoms with Crippen LogP contribution in [0.4, 0.5) is 5.69 Å². The first kappa shape index (κ1) is 15.1. The van der Waals surface area contributed by atoms with Crippen LogP contribution in [0.3, 0.4) is 0 Å². The number of aryl methyl sites for hydroxylation is 1. The molecule has 0 fully saturated rings. The van der Waals surface area contributed by atoms with Crippen molar-refractivity contribution in [3.8, 4) is 0 Å². The van der Waals surface area contributed by atoms with E-state index in [4.69, 9.17) is 10.2 Å². The zero-order chi connectivity index (χ0) is 14.9. The number of hydrogen-bond acceptors (Lipinski definition) is 4. The van der Waals surface area contributed by atoms with Crippen molar-refractivity contribution in [1.82, 2.24) is 4.72 Å². The van der Waals surface area contributed by atoms with Gasteiger partial charge in [0.15, 0.2) is 0 Å². The summed E-state index contributed by atoms with van der Waals surface area (Å²) in [5, 5.41) is 0. The zero-order valence-corrected chi connectivity index (χ0v) is 13.5. The van der Waals surface area contributed by atoms with Crippen molar-refractivity contribution in [2.45, 2.75) is 24.8 Å². The Morgan fingerprint density at radius 3 is 2.55 bits per heavy atom. The molecule has 0 saturated heterocycles. The lowest BCUT2D eigenvalue weighted by molar-refractivity contribution is 0.441. The van der Waals surface area contributed by atoms with Gasteiger partial charge in [0.25, 0.3) is 0 Å². The number of nitrogens with one attached hydrogen (secondary N) is 1. The molecule has 0 aliphatic carbocycles. The second-order valence-corrected chi connectivity index (χ2v) is 7.04. The quantitative estimate of drug-likeness (QED) is 0.822. The topological polar surface area (TPSA) is 85.3 Å².